The van der Waals surface area contributed by atoms with Crippen molar-refractivity contribution in [3.8, 4) is 17.0 Å². The van der Waals surface area contributed by atoms with Crippen molar-refractivity contribution in [1.29, 1.82) is 0 Å². The second-order valence-corrected chi connectivity index (χ2v) is 4.10. The summed E-state index contributed by atoms with van der Waals surface area (Å²) in [6, 6.07) is 10.4. The van der Waals surface area contributed by atoms with E-state index in [-0.39, 0.29) is 0 Å². The third-order valence-corrected chi connectivity index (χ3v) is 3.12. The van der Waals surface area contributed by atoms with E-state index in [2.05, 4.69) is 28.5 Å². The van der Waals surface area contributed by atoms with Crippen LogP contribution in [0.25, 0.3) is 11.1 Å². The van der Waals surface area contributed by atoms with E-state index < -0.39 is 0 Å². The molecular formula is C14H14N2O. The molecule has 0 atom stereocenters. The summed E-state index contributed by atoms with van der Waals surface area (Å²) >= 11 is 0. The number of hydrogen-bond acceptors (Lipinski definition) is 3. The Morgan fingerprint density at radius 2 is 2.24 bits per heavy atom. The number of rotatable bonds is 2. The Bertz CT molecular complexity index is 552. The van der Waals surface area contributed by atoms with Crippen LogP contribution < -0.4 is 10.1 Å². The first-order chi connectivity index (χ1) is 8.38. The summed E-state index contributed by atoms with van der Waals surface area (Å²) in [4.78, 5) is 4.14. The topological polar surface area (TPSA) is 34.1 Å². The molecule has 0 bridgehead atoms. The van der Waals surface area contributed by atoms with Gasteiger partial charge in [-0.1, -0.05) is 12.1 Å². The fraction of sp³-hybridized carbons (Fsp3) is 0.214. The summed E-state index contributed by atoms with van der Waals surface area (Å²) in [5, 5.41) is 3.39. The smallest absolute Gasteiger partial charge is 0.213 e. The number of anilines is 1. The predicted octanol–water partition coefficient (Wildman–Crippen LogP) is 2.73. The van der Waals surface area contributed by atoms with Crippen LogP contribution in [0.2, 0.25) is 0 Å². The van der Waals surface area contributed by atoms with Gasteiger partial charge in [0, 0.05) is 24.5 Å². The van der Waals surface area contributed by atoms with Crippen LogP contribution in [-0.2, 0) is 6.42 Å². The summed E-state index contributed by atoms with van der Waals surface area (Å²) < 4.78 is 5.17. The van der Waals surface area contributed by atoms with Gasteiger partial charge in [0.1, 0.15) is 0 Å². The van der Waals surface area contributed by atoms with E-state index in [1.165, 1.54) is 16.8 Å². The van der Waals surface area contributed by atoms with E-state index in [9.17, 15) is 0 Å². The highest BCUT2D eigenvalue weighted by Crippen LogP contribution is 2.33. The molecule has 1 aromatic carbocycles. The van der Waals surface area contributed by atoms with E-state index in [0.29, 0.717) is 5.88 Å². The molecule has 3 heteroatoms. The number of nitrogens with one attached hydrogen (secondary N) is 1. The highest BCUT2D eigenvalue weighted by atomic mass is 16.5. The Morgan fingerprint density at radius 3 is 3.12 bits per heavy atom. The van der Waals surface area contributed by atoms with Crippen molar-refractivity contribution in [3.63, 3.8) is 0 Å². The van der Waals surface area contributed by atoms with Gasteiger partial charge in [0.25, 0.3) is 0 Å². The third-order valence-electron chi connectivity index (χ3n) is 3.12. The Labute approximate surface area is 100 Å². The van der Waals surface area contributed by atoms with Gasteiger partial charge < -0.3 is 10.1 Å². The van der Waals surface area contributed by atoms with Crippen LogP contribution in [0.4, 0.5) is 5.69 Å². The summed E-state index contributed by atoms with van der Waals surface area (Å²) in [5.74, 6) is 0.658. The summed E-state index contributed by atoms with van der Waals surface area (Å²) in [6.07, 6.45) is 2.87. The molecule has 0 amide bonds. The quantitative estimate of drug-likeness (QED) is 0.855. The molecule has 1 aliphatic rings. The molecular weight excluding hydrogens is 212 g/mol. The normalized spacial score (nSPS) is 13.0. The first kappa shape index (κ1) is 10.1. The van der Waals surface area contributed by atoms with Gasteiger partial charge in [-0.25, -0.2) is 4.98 Å². The van der Waals surface area contributed by atoms with Crippen LogP contribution in [0.15, 0.2) is 36.5 Å². The number of ether oxygens (including phenoxy) is 1. The molecule has 2 aromatic rings. The van der Waals surface area contributed by atoms with Gasteiger partial charge in [0.15, 0.2) is 0 Å². The van der Waals surface area contributed by atoms with Crippen molar-refractivity contribution >= 4 is 5.69 Å². The second-order valence-electron chi connectivity index (χ2n) is 4.10. The standard InChI is InChI=1S/C14H14N2O/c1-17-14-9-10(5-7-16-14)11-3-2-4-13-12(11)6-8-15-13/h2-5,7,9,15H,6,8H2,1H3. The maximum atomic E-state index is 5.17. The van der Waals surface area contributed by atoms with E-state index >= 15 is 0 Å². The van der Waals surface area contributed by atoms with Crippen molar-refractivity contribution in [2.24, 2.45) is 0 Å². The van der Waals surface area contributed by atoms with Gasteiger partial charge >= 0.3 is 0 Å². The van der Waals surface area contributed by atoms with Gasteiger partial charge in [-0.2, -0.15) is 0 Å². The number of fused-ring (bicyclic) bond motifs is 1. The van der Waals surface area contributed by atoms with Crippen LogP contribution in [0.1, 0.15) is 5.56 Å². The molecule has 0 fully saturated rings. The van der Waals surface area contributed by atoms with Crippen molar-refractivity contribution in [1.82, 2.24) is 4.98 Å². The molecule has 0 unspecified atom stereocenters. The summed E-state index contributed by atoms with van der Waals surface area (Å²) in [7, 11) is 1.64. The molecule has 0 spiro atoms. The maximum absolute atomic E-state index is 5.17. The van der Waals surface area contributed by atoms with Crippen LogP contribution in [0, 0.1) is 0 Å². The number of nitrogens with zero attached hydrogens (tertiary/aromatic N) is 1. The Morgan fingerprint density at radius 1 is 1.29 bits per heavy atom. The highest BCUT2D eigenvalue weighted by molar-refractivity contribution is 5.76. The first-order valence-electron chi connectivity index (χ1n) is 5.74. The summed E-state index contributed by atoms with van der Waals surface area (Å²) in [6.45, 7) is 1.02. The van der Waals surface area contributed by atoms with Crippen molar-refractivity contribution < 1.29 is 4.74 Å². The van der Waals surface area contributed by atoms with Crippen molar-refractivity contribution in [3.05, 3.63) is 42.1 Å². The van der Waals surface area contributed by atoms with Gasteiger partial charge in [-0.05, 0) is 35.2 Å². The second kappa shape index (κ2) is 4.09. The zero-order valence-corrected chi connectivity index (χ0v) is 9.73. The molecule has 17 heavy (non-hydrogen) atoms. The first-order valence-corrected chi connectivity index (χ1v) is 5.74. The number of pyridine rings is 1. The van der Waals surface area contributed by atoms with Crippen molar-refractivity contribution in [2.45, 2.75) is 6.42 Å². The Balaban J connectivity index is 2.12. The van der Waals surface area contributed by atoms with Gasteiger partial charge in [0.2, 0.25) is 5.88 Å². The molecule has 0 saturated heterocycles. The Kier molecular flexibility index (Phi) is 2.44. The van der Waals surface area contributed by atoms with Gasteiger partial charge in [-0.3, -0.25) is 0 Å². The molecule has 1 aliphatic heterocycles. The summed E-state index contributed by atoms with van der Waals surface area (Å²) in [5.41, 5.74) is 5.07. The van der Waals surface area contributed by atoms with Crippen LogP contribution >= 0.6 is 0 Å². The molecule has 3 rings (SSSR count). The average molecular weight is 226 g/mol. The fourth-order valence-corrected chi connectivity index (χ4v) is 2.30. The van der Waals surface area contributed by atoms with Gasteiger partial charge in [0.05, 0.1) is 7.11 Å². The number of hydrogen-bond donors (Lipinski definition) is 1. The minimum Gasteiger partial charge on any atom is -0.481 e. The number of methoxy groups -OCH3 is 1. The Hall–Kier alpha value is -2.03. The minimum atomic E-state index is 0.658. The van der Waals surface area contributed by atoms with Crippen LogP contribution in [0.3, 0.4) is 0 Å². The zero-order valence-electron chi connectivity index (χ0n) is 9.73. The van der Waals surface area contributed by atoms with Crippen LogP contribution in [0.5, 0.6) is 5.88 Å². The molecule has 0 radical (unpaired) electrons. The molecule has 1 aromatic heterocycles. The van der Waals surface area contributed by atoms with E-state index in [4.69, 9.17) is 4.74 Å². The largest absolute Gasteiger partial charge is 0.481 e. The lowest BCUT2D eigenvalue weighted by atomic mass is 9.99. The lowest BCUT2D eigenvalue weighted by Gasteiger charge is -2.08. The van der Waals surface area contributed by atoms with E-state index in [0.717, 1.165) is 18.5 Å². The van der Waals surface area contributed by atoms with Crippen molar-refractivity contribution in [2.75, 3.05) is 19.0 Å². The fourth-order valence-electron chi connectivity index (χ4n) is 2.30. The SMILES string of the molecule is COc1cc(-c2cccc3c2CCN3)ccn1. The third kappa shape index (κ3) is 1.73. The lowest BCUT2D eigenvalue weighted by molar-refractivity contribution is 0.398. The van der Waals surface area contributed by atoms with E-state index in [1.54, 1.807) is 13.3 Å². The molecule has 1 N–H and O–H groups in total. The molecule has 3 nitrogen and oxygen atoms in total. The average Bonchev–Trinajstić information content (AvgIpc) is 2.87. The molecule has 0 saturated carbocycles. The predicted molar refractivity (Wildman–Crippen MR) is 68.4 cm³/mol. The van der Waals surface area contributed by atoms with Crippen LogP contribution in [-0.4, -0.2) is 18.6 Å². The zero-order chi connectivity index (χ0) is 11.7. The van der Waals surface area contributed by atoms with E-state index in [1.807, 2.05) is 12.1 Å². The molecule has 86 valence electrons. The number of aromatic nitrogens is 1. The molecule has 2 heterocycles. The minimum absolute atomic E-state index is 0.658. The monoisotopic (exact) mass is 226 g/mol. The maximum Gasteiger partial charge on any atom is 0.213 e. The number of benzene rings is 1. The lowest BCUT2D eigenvalue weighted by Crippen LogP contribution is -1.90. The van der Waals surface area contributed by atoms with Gasteiger partial charge in [-0.15, -0.1) is 0 Å². The molecule has 0 aliphatic carbocycles. The highest BCUT2D eigenvalue weighted by Gasteiger charge is 2.14.